The summed E-state index contributed by atoms with van der Waals surface area (Å²) in [6.45, 7) is 5.00. The monoisotopic (exact) mass is 338 g/mol. The highest BCUT2D eigenvalue weighted by Crippen LogP contribution is 2.28. The van der Waals surface area contributed by atoms with Crippen molar-refractivity contribution in [3.63, 3.8) is 0 Å². The fourth-order valence-electron chi connectivity index (χ4n) is 3.11. The van der Waals surface area contributed by atoms with E-state index in [1.54, 1.807) is 17.7 Å². The lowest BCUT2D eigenvalue weighted by Gasteiger charge is -2.35. The molecule has 5 nitrogen and oxygen atoms in total. The Labute approximate surface area is 144 Å². The van der Waals surface area contributed by atoms with Crippen LogP contribution in [0.1, 0.15) is 15.9 Å². The van der Waals surface area contributed by atoms with Crippen molar-refractivity contribution in [2.45, 2.75) is 6.92 Å². The number of thiophene rings is 1. The predicted octanol–water partition coefficient (Wildman–Crippen LogP) is 2.96. The van der Waals surface area contributed by atoms with Gasteiger partial charge in [-0.15, -0.1) is 11.3 Å². The Bertz CT molecular complexity index is 883. The Morgan fingerprint density at radius 2 is 1.88 bits per heavy atom. The molecule has 2 aromatic heterocycles. The van der Waals surface area contributed by atoms with E-state index >= 15 is 0 Å². The Kier molecular flexibility index (Phi) is 3.90. The summed E-state index contributed by atoms with van der Waals surface area (Å²) in [5, 5.41) is 2.04. The van der Waals surface area contributed by atoms with Crippen molar-refractivity contribution in [2.24, 2.45) is 0 Å². The van der Waals surface area contributed by atoms with Crippen molar-refractivity contribution < 1.29 is 4.79 Å². The Balaban J connectivity index is 1.50. The summed E-state index contributed by atoms with van der Waals surface area (Å²) in [6.07, 6.45) is 1.62. The lowest BCUT2D eigenvalue weighted by Crippen LogP contribution is -2.49. The minimum Gasteiger partial charge on any atom is -0.352 e. The van der Waals surface area contributed by atoms with Gasteiger partial charge >= 0.3 is 0 Å². The molecule has 3 heterocycles. The zero-order valence-corrected chi connectivity index (χ0v) is 14.3. The average molecular weight is 338 g/mol. The molecule has 0 spiro atoms. The number of benzene rings is 1. The molecule has 122 valence electrons. The molecule has 4 rings (SSSR count). The fraction of sp³-hybridized carbons (Fsp3) is 0.278. The van der Waals surface area contributed by atoms with E-state index in [4.69, 9.17) is 0 Å². The van der Waals surface area contributed by atoms with Crippen LogP contribution in [0.4, 0.5) is 5.82 Å². The summed E-state index contributed by atoms with van der Waals surface area (Å²) in [5.41, 5.74) is 2.82. The number of carbonyl (C=O) groups is 1. The quantitative estimate of drug-likeness (QED) is 0.721. The highest BCUT2D eigenvalue weighted by Gasteiger charge is 2.24. The number of piperazine rings is 1. The zero-order chi connectivity index (χ0) is 16.5. The van der Waals surface area contributed by atoms with Gasteiger partial charge in [0, 0.05) is 31.7 Å². The highest BCUT2D eigenvalue weighted by molar-refractivity contribution is 7.17. The number of aromatic nitrogens is 2. The van der Waals surface area contributed by atoms with Gasteiger partial charge in [0.25, 0.3) is 5.91 Å². The lowest BCUT2D eigenvalue weighted by atomic mass is 10.1. The minimum absolute atomic E-state index is 0.122. The van der Waals surface area contributed by atoms with E-state index in [1.807, 2.05) is 47.5 Å². The highest BCUT2D eigenvalue weighted by atomic mass is 32.1. The van der Waals surface area contributed by atoms with Crippen LogP contribution in [0.15, 0.2) is 42.0 Å². The molecule has 0 saturated carbocycles. The van der Waals surface area contributed by atoms with Gasteiger partial charge in [0.1, 0.15) is 12.1 Å². The molecule has 1 saturated heterocycles. The van der Waals surface area contributed by atoms with E-state index in [1.165, 1.54) is 0 Å². The predicted molar refractivity (Wildman–Crippen MR) is 96.7 cm³/mol. The molecule has 3 aromatic rings. The fourth-order valence-corrected chi connectivity index (χ4v) is 3.97. The van der Waals surface area contributed by atoms with Gasteiger partial charge in [-0.3, -0.25) is 4.79 Å². The number of hydrogen-bond acceptors (Lipinski definition) is 5. The summed E-state index contributed by atoms with van der Waals surface area (Å²) in [6, 6.07) is 9.79. The van der Waals surface area contributed by atoms with Crippen molar-refractivity contribution in [1.29, 1.82) is 0 Å². The van der Waals surface area contributed by atoms with Gasteiger partial charge in [0.15, 0.2) is 0 Å². The second-order valence-electron chi connectivity index (χ2n) is 5.93. The first kappa shape index (κ1) is 15.1. The molecule has 1 aromatic carbocycles. The molecule has 1 fully saturated rings. The van der Waals surface area contributed by atoms with Crippen molar-refractivity contribution in [2.75, 3.05) is 31.1 Å². The van der Waals surface area contributed by atoms with E-state index in [2.05, 4.69) is 14.9 Å². The molecule has 0 bridgehead atoms. The van der Waals surface area contributed by atoms with Crippen molar-refractivity contribution in [3.8, 4) is 0 Å². The summed E-state index contributed by atoms with van der Waals surface area (Å²) >= 11 is 1.67. The van der Waals surface area contributed by atoms with Gasteiger partial charge in [0.05, 0.1) is 10.2 Å². The SMILES string of the molecule is Cc1ccccc1C(=O)N1CCN(c2ncnc3ccsc23)CC1. The summed E-state index contributed by atoms with van der Waals surface area (Å²) in [4.78, 5) is 25.7. The van der Waals surface area contributed by atoms with E-state index in [0.29, 0.717) is 13.1 Å². The molecule has 0 N–H and O–H groups in total. The number of rotatable bonds is 2. The minimum atomic E-state index is 0.122. The first-order chi connectivity index (χ1) is 11.7. The van der Waals surface area contributed by atoms with Gasteiger partial charge < -0.3 is 9.80 Å². The number of carbonyl (C=O) groups excluding carboxylic acids is 1. The van der Waals surface area contributed by atoms with Crippen LogP contribution in [0, 0.1) is 6.92 Å². The topological polar surface area (TPSA) is 49.3 Å². The third kappa shape index (κ3) is 2.63. The number of fused-ring (bicyclic) bond motifs is 1. The van der Waals surface area contributed by atoms with Crippen molar-refractivity contribution in [3.05, 3.63) is 53.2 Å². The van der Waals surface area contributed by atoms with Crippen LogP contribution in [-0.2, 0) is 0 Å². The smallest absolute Gasteiger partial charge is 0.254 e. The van der Waals surface area contributed by atoms with Crippen molar-refractivity contribution >= 4 is 33.3 Å². The first-order valence-electron chi connectivity index (χ1n) is 8.02. The molecule has 0 atom stereocenters. The van der Waals surface area contributed by atoms with E-state index in [-0.39, 0.29) is 5.91 Å². The molecule has 0 unspecified atom stereocenters. The number of nitrogens with zero attached hydrogens (tertiary/aromatic N) is 4. The Hall–Kier alpha value is -2.47. The van der Waals surface area contributed by atoms with E-state index < -0.39 is 0 Å². The normalized spacial score (nSPS) is 15.0. The molecular weight excluding hydrogens is 320 g/mol. The number of anilines is 1. The summed E-state index contributed by atoms with van der Waals surface area (Å²) < 4.78 is 1.12. The van der Waals surface area contributed by atoms with Gasteiger partial charge in [-0.25, -0.2) is 9.97 Å². The molecule has 24 heavy (non-hydrogen) atoms. The summed E-state index contributed by atoms with van der Waals surface area (Å²) in [5.74, 6) is 1.11. The van der Waals surface area contributed by atoms with E-state index in [0.717, 1.165) is 40.3 Å². The van der Waals surface area contributed by atoms with Gasteiger partial charge in [0.2, 0.25) is 0 Å². The summed E-state index contributed by atoms with van der Waals surface area (Å²) in [7, 11) is 0. The zero-order valence-electron chi connectivity index (χ0n) is 13.5. The first-order valence-corrected chi connectivity index (χ1v) is 8.90. The molecule has 1 aliphatic heterocycles. The standard InChI is InChI=1S/C18H18N4OS/c1-13-4-2-3-5-14(13)18(23)22-9-7-21(8-10-22)17-16-15(6-11-24-16)19-12-20-17/h2-6,11-12H,7-10H2,1H3. The number of amides is 1. The van der Waals surface area contributed by atoms with Gasteiger partial charge in [-0.1, -0.05) is 18.2 Å². The number of aryl methyl sites for hydroxylation is 1. The molecule has 1 amide bonds. The molecule has 6 heteroatoms. The van der Waals surface area contributed by atoms with Crippen LogP contribution in [0.5, 0.6) is 0 Å². The van der Waals surface area contributed by atoms with Crippen molar-refractivity contribution in [1.82, 2.24) is 14.9 Å². The Morgan fingerprint density at radius 3 is 2.67 bits per heavy atom. The molecular formula is C18H18N4OS. The average Bonchev–Trinajstić information content (AvgIpc) is 3.10. The lowest BCUT2D eigenvalue weighted by molar-refractivity contribution is 0.0746. The molecule has 1 aliphatic rings. The van der Waals surface area contributed by atoms with Gasteiger partial charge in [-0.05, 0) is 30.0 Å². The van der Waals surface area contributed by atoms with Crippen LogP contribution in [0.25, 0.3) is 10.2 Å². The molecule has 0 radical (unpaired) electrons. The number of hydrogen-bond donors (Lipinski definition) is 0. The van der Waals surface area contributed by atoms with Gasteiger partial charge in [-0.2, -0.15) is 0 Å². The Morgan fingerprint density at radius 1 is 1.08 bits per heavy atom. The van der Waals surface area contributed by atoms with Crippen LogP contribution < -0.4 is 4.90 Å². The second kappa shape index (κ2) is 6.20. The van der Waals surface area contributed by atoms with Crippen LogP contribution >= 0.6 is 11.3 Å². The maximum atomic E-state index is 12.7. The van der Waals surface area contributed by atoms with Crippen LogP contribution in [0.3, 0.4) is 0 Å². The van der Waals surface area contributed by atoms with Crippen LogP contribution in [-0.4, -0.2) is 47.0 Å². The molecule has 0 aliphatic carbocycles. The van der Waals surface area contributed by atoms with Crippen LogP contribution in [0.2, 0.25) is 0 Å². The largest absolute Gasteiger partial charge is 0.352 e. The third-order valence-corrected chi connectivity index (χ3v) is 5.37. The maximum Gasteiger partial charge on any atom is 0.254 e. The third-order valence-electron chi connectivity index (χ3n) is 4.47. The maximum absolute atomic E-state index is 12.7. The van der Waals surface area contributed by atoms with E-state index in [9.17, 15) is 4.79 Å². The second-order valence-corrected chi connectivity index (χ2v) is 6.84.